The highest BCUT2D eigenvalue weighted by atomic mass is 32.1. The normalized spacial score (nSPS) is 15.7. The number of thiazole rings is 1. The van der Waals surface area contributed by atoms with Crippen molar-refractivity contribution in [3.63, 3.8) is 0 Å². The molecule has 0 bridgehead atoms. The van der Waals surface area contributed by atoms with Crippen LogP contribution >= 0.6 is 11.3 Å². The number of benzene rings is 1. The van der Waals surface area contributed by atoms with Crippen LogP contribution in [0.1, 0.15) is 19.8 Å². The van der Waals surface area contributed by atoms with E-state index in [1.165, 1.54) is 10.8 Å². The summed E-state index contributed by atoms with van der Waals surface area (Å²) in [7, 11) is 0. The molecule has 0 unspecified atom stereocenters. The van der Waals surface area contributed by atoms with Crippen LogP contribution in [-0.4, -0.2) is 53.6 Å². The molecule has 1 aliphatic rings. The molecule has 0 spiro atoms. The maximum Gasteiger partial charge on any atom is 0.391 e. The summed E-state index contributed by atoms with van der Waals surface area (Å²) in [6.45, 7) is 1.99. The summed E-state index contributed by atoms with van der Waals surface area (Å²) < 4.78 is 40.2. The first-order chi connectivity index (χ1) is 18.6. The fraction of sp³-hybridized carbons (Fsp3) is 0.400. The van der Waals surface area contributed by atoms with E-state index in [2.05, 4.69) is 16.0 Å². The molecule has 1 aromatic carbocycles. The van der Waals surface area contributed by atoms with E-state index in [9.17, 15) is 32.8 Å². The maximum absolute atomic E-state index is 12.8. The fourth-order valence-corrected chi connectivity index (χ4v) is 5.14. The molecule has 0 atom stereocenters. The number of carbonyl (C=O) groups is 2. The molecule has 3 rings (SSSR count). The van der Waals surface area contributed by atoms with Crippen LogP contribution in [0.15, 0.2) is 29.1 Å². The number of piperidine rings is 1. The number of halogens is 3. The third-order valence-corrected chi connectivity index (χ3v) is 7.17. The van der Waals surface area contributed by atoms with Crippen molar-refractivity contribution in [1.29, 1.82) is 10.5 Å². The number of hydrogen-bond donors (Lipinski definition) is 3. The van der Waals surface area contributed by atoms with E-state index >= 15 is 0 Å². The predicted molar refractivity (Wildman–Crippen MR) is 140 cm³/mol. The van der Waals surface area contributed by atoms with E-state index in [-0.39, 0.29) is 66.2 Å². The first-order valence-corrected chi connectivity index (χ1v) is 12.8. The number of carbonyl (C=O) groups excluding carboxylic acids is 2. The minimum absolute atomic E-state index is 0.0252. The van der Waals surface area contributed by atoms with Crippen LogP contribution in [0.5, 0.6) is 0 Å². The number of hydrogen-bond acceptors (Lipinski definition) is 8. The molecule has 1 saturated heterocycles. The topological polar surface area (TPSA) is 143 Å². The van der Waals surface area contributed by atoms with Crippen molar-refractivity contribution < 1.29 is 22.8 Å². The van der Waals surface area contributed by atoms with Crippen LogP contribution in [-0.2, 0) is 16.1 Å². The van der Waals surface area contributed by atoms with Gasteiger partial charge in [0.15, 0.2) is 5.57 Å². The largest absolute Gasteiger partial charge is 0.391 e. The average Bonchev–Trinajstić information content (AvgIpc) is 3.21. The Labute approximate surface area is 225 Å². The fourth-order valence-electron chi connectivity index (χ4n) is 4.05. The number of amides is 2. The number of rotatable bonds is 8. The van der Waals surface area contributed by atoms with E-state index < -0.39 is 23.6 Å². The Bertz CT molecular complexity index is 1480. The van der Waals surface area contributed by atoms with Crippen LogP contribution in [0.3, 0.4) is 0 Å². The lowest BCUT2D eigenvalue weighted by Gasteiger charge is -2.32. The summed E-state index contributed by atoms with van der Waals surface area (Å²) in [4.78, 5) is 39.3. The number of nitrogens with one attached hydrogen (secondary N) is 3. The van der Waals surface area contributed by atoms with Gasteiger partial charge in [-0.15, -0.1) is 11.3 Å². The molecule has 0 saturated carbocycles. The molecule has 0 radical (unpaired) electrons. The molecule has 0 aliphatic carbocycles. The molecule has 1 aliphatic heterocycles. The summed E-state index contributed by atoms with van der Waals surface area (Å²) >= 11 is 0.944. The van der Waals surface area contributed by atoms with Crippen LogP contribution < -0.4 is 30.7 Å². The number of likely N-dealkylation sites (tertiary alicyclic amines) is 1. The van der Waals surface area contributed by atoms with Crippen molar-refractivity contribution in [3.05, 3.63) is 43.8 Å². The monoisotopic (exact) mass is 561 g/mol. The SMILES string of the molecule is CCn1c(=O)/c(=C\Nc2cccc(NC(=O)CN3CCC(C(F)(F)F)CC3)c2)s/c1=C(/C#N)C(=O)NCC#N. The van der Waals surface area contributed by atoms with Gasteiger partial charge in [-0.2, -0.15) is 23.7 Å². The quantitative estimate of drug-likeness (QED) is 0.413. The highest BCUT2D eigenvalue weighted by Crippen LogP contribution is 2.34. The Hall–Kier alpha value is -4.14. The van der Waals surface area contributed by atoms with E-state index in [0.29, 0.717) is 11.4 Å². The van der Waals surface area contributed by atoms with E-state index in [1.807, 2.05) is 0 Å². The van der Waals surface area contributed by atoms with Crippen LogP contribution in [0, 0.1) is 28.6 Å². The van der Waals surface area contributed by atoms with Gasteiger partial charge in [0, 0.05) is 24.1 Å². The smallest absolute Gasteiger partial charge is 0.360 e. The van der Waals surface area contributed by atoms with E-state index in [1.54, 1.807) is 48.2 Å². The van der Waals surface area contributed by atoms with Gasteiger partial charge in [-0.05, 0) is 51.1 Å². The van der Waals surface area contributed by atoms with Gasteiger partial charge in [0.25, 0.3) is 11.5 Å². The Morgan fingerprint density at radius 3 is 2.51 bits per heavy atom. The second-order valence-corrected chi connectivity index (χ2v) is 9.69. The molecule has 2 aromatic rings. The molecule has 2 amide bonds. The minimum atomic E-state index is -4.21. The lowest BCUT2D eigenvalue weighted by atomic mass is 9.96. The average molecular weight is 562 g/mol. The van der Waals surface area contributed by atoms with Crippen LogP contribution in [0.2, 0.25) is 0 Å². The zero-order valence-electron chi connectivity index (χ0n) is 21.0. The second-order valence-electron chi connectivity index (χ2n) is 8.66. The summed E-state index contributed by atoms with van der Waals surface area (Å²) in [5.41, 5.74) is 0.300. The van der Waals surface area contributed by atoms with Crippen molar-refractivity contribution in [2.75, 3.05) is 36.8 Å². The zero-order chi connectivity index (χ0) is 28.6. The van der Waals surface area contributed by atoms with Gasteiger partial charge < -0.3 is 16.0 Å². The van der Waals surface area contributed by atoms with Crippen molar-refractivity contribution >= 4 is 46.3 Å². The van der Waals surface area contributed by atoms with E-state index in [0.717, 1.165) is 11.3 Å². The molecule has 39 heavy (non-hydrogen) atoms. The summed E-state index contributed by atoms with van der Waals surface area (Å²) in [6, 6.07) is 10.2. The molecular weight excluding hydrogens is 535 g/mol. The molecule has 3 N–H and O–H groups in total. The molecule has 1 fully saturated rings. The van der Waals surface area contributed by atoms with Gasteiger partial charge in [-0.1, -0.05) is 6.07 Å². The van der Waals surface area contributed by atoms with Gasteiger partial charge in [0.1, 0.15) is 21.8 Å². The van der Waals surface area contributed by atoms with Crippen molar-refractivity contribution in [1.82, 2.24) is 14.8 Å². The Balaban J connectivity index is 1.71. The summed E-state index contributed by atoms with van der Waals surface area (Å²) in [5, 5.41) is 26.1. The van der Waals surface area contributed by atoms with Gasteiger partial charge in [-0.25, -0.2) is 0 Å². The summed E-state index contributed by atoms with van der Waals surface area (Å²) in [6.07, 6.45) is -2.85. The van der Waals surface area contributed by atoms with Crippen molar-refractivity contribution in [2.45, 2.75) is 32.5 Å². The van der Waals surface area contributed by atoms with Crippen LogP contribution in [0.4, 0.5) is 24.5 Å². The molecule has 206 valence electrons. The molecule has 14 heteroatoms. The lowest BCUT2D eigenvalue weighted by Crippen LogP contribution is -2.42. The number of aromatic nitrogens is 1. The second kappa shape index (κ2) is 13.1. The first-order valence-electron chi connectivity index (χ1n) is 12.0. The molecular formula is C25H26F3N7O3S. The third-order valence-electron chi connectivity index (χ3n) is 6.04. The minimum Gasteiger partial charge on any atom is -0.360 e. The molecule has 2 heterocycles. The molecule has 1 aromatic heterocycles. The van der Waals surface area contributed by atoms with Gasteiger partial charge >= 0.3 is 6.18 Å². The van der Waals surface area contributed by atoms with Crippen molar-refractivity contribution in [3.8, 4) is 12.1 Å². The van der Waals surface area contributed by atoms with Crippen molar-refractivity contribution in [2.24, 2.45) is 5.92 Å². The van der Waals surface area contributed by atoms with Crippen LogP contribution in [0.25, 0.3) is 11.8 Å². The van der Waals surface area contributed by atoms with Gasteiger partial charge in [0.2, 0.25) is 5.91 Å². The number of anilines is 2. The number of nitriles is 2. The number of nitrogens with zero attached hydrogens (tertiary/aromatic N) is 4. The standard InChI is InChI=1S/C25H26F3N7O3S/c1-2-35-23(38)20(39-24(35)19(13-30)22(37)31-9-8-29)14-32-17-4-3-5-18(12-17)33-21(36)15-34-10-6-16(7-11-34)25(26,27)28/h3-5,12,14,16,32H,2,6-7,9-11,15H2,1H3,(H,31,37)(H,33,36)/b20-14+,24-19-. The number of alkyl halides is 3. The molecule has 10 nitrogen and oxygen atoms in total. The maximum atomic E-state index is 12.8. The first kappa shape index (κ1) is 29.4. The zero-order valence-corrected chi connectivity index (χ0v) is 21.8. The highest BCUT2D eigenvalue weighted by molar-refractivity contribution is 7.07. The predicted octanol–water partition coefficient (Wildman–Crippen LogP) is 1.31. The Kier molecular flexibility index (Phi) is 9.87. The third kappa shape index (κ3) is 7.69. The Morgan fingerprint density at radius 2 is 1.90 bits per heavy atom. The Morgan fingerprint density at radius 1 is 1.21 bits per heavy atom. The highest BCUT2D eigenvalue weighted by Gasteiger charge is 2.41. The van der Waals surface area contributed by atoms with E-state index in [4.69, 9.17) is 5.26 Å². The lowest BCUT2D eigenvalue weighted by molar-refractivity contribution is -0.184. The summed E-state index contributed by atoms with van der Waals surface area (Å²) in [5.74, 6) is -2.44. The van der Waals surface area contributed by atoms with Gasteiger partial charge in [0.05, 0.1) is 18.5 Å². The van der Waals surface area contributed by atoms with Gasteiger partial charge in [-0.3, -0.25) is 23.9 Å².